The van der Waals surface area contributed by atoms with Crippen LogP contribution in [0.4, 0.5) is 8.78 Å². The Balaban J connectivity index is 2.24. The van der Waals surface area contributed by atoms with Gasteiger partial charge in [0, 0.05) is 12.0 Å². The summed E-state index contributed by atoms with van der Waals surface area (Å²) < 4.78 is 26.4. The number of Topliss-reactive ketones (excluding diaryl/α,β-unsaturated/α-hetero) is 1. The molecule has 0 amide bonds. The minimum Gasteiger partial charge on any atom is -0.330 e. The van der Waals surface area contributed by atoms with E-state index in [1.54, 1.807) is 0 Å². The smallest absolute Gasteiger partial charge is 0.169 e. The molecular weight excluding hydrogens is 236 g/mol. The lowest BCUT2D eigenvalue weighted by Gasteiger charge is -2.29. The van der Waals surface area contributed by atoms with Crippen LogP contribution in [-0.2, 0) is 0 Å². The number of rotatable bonds is 3. The minimum atomic E-state index is -0.777. The van der Waals surface area contributed by atoms with E-state index in [0.29, 0.717) is 6.54 Å². The SMILES string of the molecule is NCC1CCCCC1C(=O)c1ccc(F)cc1F. The molecule has 4 heteroatoms. The molecule has 0 heterocycles. The molecule has 2 rings (SSSR count). The third-order valence-corrected chi connectivity index (χ3v) is 3.75. The van der Waals surface area contributed by atoms with Crippen LogP contribution in [-0.4, -0.2) is 12.3 Å². The van der Waals surface area contributed by atoms with Crippen molar-refractivity contribution >= 4 is 5.78 Å². The summed E-state index contributed by atoms with van der Waals surface area (Å²) in [4.78, 5) is 12.3. The first-order valence-corrected chi connectivity index (χ1v) is 6.33. The summed E-state index contributed by atoms with van der Waals surface area (Å²) in [5, 5.41) is 0. The van der Waals surface area contributed by atoms with E-state index >= 15 is 0 Å². The van der Waals surface area contributed by atoms with Crippen molar-refractivity contribution in [3.8, 4) is 0 Å². The van der Waals surface area contributed by atoms with E-state index in [2.05, 4.69) is 0 Å². The average Bonchev–Trinajstić information content (AvgIpc) is 2.38. The van der Waals surface area contributed by atoms with Gasteiger partial charge in [-0.15, -0.1) is 0 Å². The highest BCUT2D eigenvalue weighted by atomic mass is 19.1. The summed E-state index contributed by atoms with van der Waals surface area (Å²) in [6.07, 6.45) is 3.69. The number of carbonyl (C=O) groups is 1. The molecule has 0 radical (unpaired) electrons. The van der Waals surface area contributed by atoms with Crippen LogP contribution in [0.3, 0.4) is 0 Å². The molecule has 1 aliphatic carbocycles. The normalized spacial score (nSPS) is 23.9. The highest BCUT2D eigenvalue weighted by Crippen LogP contribution is 2.32. The van der Waals surface area contributed by atoms with E-state index in [9.17, 15) is 13.6 Å². The Morgan fingerprint density at radius 2 is 2.00 bits per heavy atom. The monoisotopic (exact) mass is 253 g/mol. The van der Waals surface area contributed by atoms with Gasteiger partial charge in [-0.3, -0.25) is 4.79 Å². The Morgan fingerprint density at radius 1 is 1.28 bits per heavy atom. The fourth-order valence-electron chi connectivity index (χ4n) is 2.72. The lowest BCUT2D eigenvalue weighted by atomic mass is 9.75. The first-order valence-electron chi connectivity index (χ1n) is 6.33. The Morgan fingerprint density at radius 3 is 2.67 bits per heavy atom. The van der Waals surface area contributed by atoms with Gasteiger partial charge in [-0.25, -0.2) is 8.78 Å². The molecule has 1 aliphatic rings. The largest absolute Gasteiger partial charge is 0.330 e. The summed E-state index contributed by atoms with van der Waals surface area (Å²) >= 11 is 0. The van der Waals surface area contributed by atoms with Gasteiger partial charge in [0.1, 0.15) is 11.6 Å². The fourth-order valence-corrected chi connectivity index (χ4v) is 2.72. The third kappa shape index (κ3) is 2.58. The van der Waals surface area contributed by atoms with Crippen LogP contribution >= 0.6 is 0 Å². The summed E-state index contributed by atoms with van der Waals surface area (Å²) in [6.45, 7) is 0.444. The molecule has 2 atom stereocenters. The van der Waals surface area contributed by atoms with E-state index in [0.717, 1.165) is 37.8 Å². The van der Waals surface area contributed by atoms with Crippen molar-refractivity contribution in [3.63, 3.8) is 0 Å². The van der Waals surface area contributed by atoms with Gasteiger partial charge in [-0.05, 0) is 37.4 Å². The van der Waals surface area contributed by atoms with Crippen LogP contribution in [0.1, 0.15) is 36.0 Å². The van der Waals surface area contributed by atoms with Gasteiger partial charge in [0.2, 0.25) is 0 Å². The van der Waals surface area contributed by atoms with Gasteiger partial charge in [-0.1, -0.05) is 12.8 Å². The number of carbonyl (C=O) groups excluding carboxylic acids is 1. The van der Waals surface area contributed by atoms with Crippen LogP contribution < -0.4 is 5.73 Å². The van der Waals surface area contributed by atoms with Gasteiger partial charge < -0.3 is 5.73 Å². The molecule has 1 aromatic carbocycles. The number of ketones is 1. The Labute approximate surface area is 105 Å². The van der Waals surface area contributed by atoms with Gasteiger partial charge in [0.15, 0.2) is 5.78 Å². The number of halogens is 2. The molecule has 0 spiro atoms. The van der Waals surface area contributed by atoms with E-state index in [4.69, 9.17) is 5.73 Å². The van der Waals surface area contributed by atoms with E-state index in [1.165, 1.54) is 6.07 Å². The molecule has 1 saturated carbocycles. The quantitative estimate of drug-likeness (QED) is 0.842. The fraction of sp³-hybridized carbons (Fsp3) is 0.500. The number of benzene rings is 1. The van der Waals surface area contributed by atoms with Gasteiger partial charge in [-0.2, -0.15) is 0 Å². The van der Waals surface area contributed by atoms with Crippen molar-refractivity contribution in [2.75, 3.05) is 6.54 Å². The summed E-state index contributed by atoms with van der Waals surface area (Å²) in [7, 11) is 0. The molecule has 1 fully saturated rings. The van der Waals surface area contributed by atoms with E-state index in [1.807, 2.05) is 0 Å². The van der Waals surface area contributed by atoms with E-state index < -0.39 is 11.6 Å². The van der Waals surface area contributed by atoms with Crippen LogP contribution in [0.5, 0.6) is 0 Å². The summed E-state index contributed by atoms with van der Waals surface area (Å²) in [5.41, 5.74) is 5.65. The highest BCUT2D eigenvalue weighted by molar-refractivity contribution is 5.98. The summed E-state index contributed by atoms with van der Waals surface area (Å²) in [6, 6.07) is 3.11. The molecule has 2 nitrogen and oxygen atoms in total. The lowest BCUT2D eigenvalue weighted by molar-refractivity contribution is 0.0825. The molecule has 0 aliphatic heterocycles. The Kier molecular flexibility index (Phi) is 4.07. The second-order valence-electron chi connectivity index (χ2n) is 4.88. The molecule has 0 bridgehead atoms. The van der Waals surface area contributed by atoms with Crippen molar-refractivity contribution in [2.45, 2.75) is 25.7 Å². The zero-order valence-electron chi connectivity index (χ0n) is 10.2. The lowest BCUT2D eigenvalue weighted by Crippen LogP contribution is -2.32. The van der Waals surface area contributed by atoms with Crippen LogP contribution in [0.25, 0.3) is 0 Å². The molecule has 0 aromatic heterocycles. The maximum atomic E-state index is 13.6. The minimum absolute atomic E-state index is 0.0123. The zero-order valence-corrected chi connectivity index (χ0v) is 10.2. The second kappa shape index (κ2) is 5.57. The van der Waals surface area contributed by atoms with Crippen molar-refractivity contribution in [1.82, 2.24) is 0 Å². The summed E-state index contributed by atoms with van der Waals surface area (Å²) in [5.74, 6) is -1.77. The number of hydrogen-bond donors (Lipinski definition) is 1. The van der Waals surface area contributed by atoms with E-state index in [-0.39, 0.29) is 23.2 Å². The Hall–Kier alpha value is -1.29. The molecule has 98 valence electrons. The third-order valence-electron chi connectivity index (χ3n) is 3.75. The number of hydrogen-bond acceptors (Lipinski definition) is 2. The molecular formula is C14H17F2NO. The predicted octanol–water partition coefficient (Wildman–Crippen LogP) is 2.91. The predicted molar refractivity (Wildman–Crippen MR) is 65.2 cm³/mol. The van der Waals surface area contributed by atoms with Gasteiger partial charge in [0.05, 0.1) is 5.56 Å². The topological polar surface area (TPSA) is 43.1 Å². The molecule has 1 aromatic rings. The van der Waals surface area contributed by atoms with Crippen molar-refractivity contribution in [2.24, 2.45) is 17.6 Å². The van der Waals surface area contributed by atoms with Crippen LogP contribution in [0, 0.1) is 23.5 Å². The standard InChI is InChI=1S/C14H17F2NO/c15-10-5-6-12(13(16)7-10)14(18)11-4-2-1-3-9(11)8-17/h5-7,9,11H,1-4,8,17H2. The second-order valence-corrected chi connectivity index (χ2v) is 4.88. The maximum absolute atomic E-state index is 13.6. The molecule has 2 unspecified atom stereocenters. The highest BCUT2D eigenvalue weighted by Gasteiger charge is 2.31. The molecule has 2 N–H and O–H groups in total. The van der Waals surface area contributed by atoms with Crippen LogP contribution in [0.2, 0.25) is 0 Å². The first kappa shape index (κ1) is 13.1. The number of nitrogens with two attached hydrogens (primary N) is 1. The zero-order chi connectivity index (χ0) is 13.1. The van der Waals surface area contributed by atoms with Crippen LogP contribution in [0.15, 0.2) is 18.2 Å². The van der Waals surface area contributed by atoms with Crippen molar-refractivity contribution in [1.29, 1.82) is 0 Å². The Bertz CT molecular complexity index is 447. The van der Waals surface area contributed by atoms with Crippen molar-refractivity contribution < 1.29 is 13.6 Å². The molecule has 18 heavy (non-hydrogen) atoms. The van der Waals surface area contributed by atoms with Gasteiger partial charge >= 0.3 is 0 Å². The van der Waals surface area contributed by atoms with Gasteiger partial charge in [0.25, 0.3) is 0 Å². The average molecular weight is 253 g/mol. The maximum Gasteiger partial charge on any atom is 0.169 e. The first-order chi connectivity index (χ1) is 8.63. The van der Waals surface area contributed by atoms with Crippen molar-refractivity contribution in [3.05, 3.63) is 35.4 Å². The molecule has 0 saturated heterocycles.